The zero-order valence-corrected chi connectivity index (χ0v) is 18.8. The lowest BCUT2D eigenvalue weighted by Crippen LogP contribution is -2.47. The molecule has 2 atom stereocenters. The number of carbonyl (C=O) groups is 2. The monoisotopic (exact) mass is 458 g/mol. The molecule has 8 nitrogen and oxygen atoms in total. The Kier molecular flexibility index (Phi) is 11.4. The van der Waals surface area contributed by atoms with Crippen LogP contribution in [0.1, 0.15) is 51.4 Å². The predicted octanol–water partition coefficient (Wildman–Crippen LogP) is 1.35. The zero-order valence-electron chi connectivity index (χ0n) is 17.2. The van der Waals surface area contributed by atoms with E-state index in [0.29, 0.717) is 38.3 Å². The van der Waals surface area contributed by atoms with Crippen molar-refractivity contribution in [1.29, 1.82) is 10.5 Å². The van der Waals surface area contributed by atoms with E-state index in [2.05, 4.69) is 22.8 Å². The third kappa shape index (κ3) is 6.72. The Labute approximate surface area is 191 Å². The minimum Gasteiger partial charge on any atom is -0.326 e. The Morgan fingerprint density at radius 2 is 1.10 bits per heavy atom. The number of carbonyl (C=O) groups excluding carboxylic acids is 2. The van der Waals surface area contributed by atoms with Gasteiger partial charge in [-0.2, -0.15) is 10.5 Å². The van der Waals surface area contributed by atoms with Crippen molar-refractivity contribution in [2.45, 2.75) is 75.5 Å². The van der Waals surface area contributed by atoms with Crippen molar-refractivity contribution in [2.24, 2.45) is 0 Å². The molecule has 0 aromatic carbocycles. The van der Waals surface area contributed by atoms with Gasteiger partial charge in [-0.1, -0.05) is 0 Å². The first kappa shape index (κ1) is 26.5. The molecule has 2 saturated heterocycles. The maximum absolute atomic E-state index is 12.3. The Balaban J connectivity index is 0.00000225. The molecule has 1 aliphatic carbocycles. The molecule has 2 N–H and O–H groups in total. The number of likely N-dealkylation sites (tertiary alicyclic amines) is 2. The van der Waals surface area contributed by atoms with Gasteiger partial charge in [0.05, 0.1) is 25.2 Å². The van der Waals surface area contributed by atoms with Crippen LogP contribution in [0.15, 0.2) is 0 Å². The maximum atomic E-state index is 12.3. The van der Waals surface area contributed by atoms with Crippen molar-refractivity contribution in [3.8, 4) is 12.1 Å². The summed E-state index contributed by atoms with van der Waals surface area (Å²) in [6, 6.07) is 4.51. The highest BCUT2D eigenvalue weighted by molar-refractivity contribution is 5.85. The zero-order chi connectivity index (χ0) is 19.9. The van der Waals surface area contributed by atoms with E-state index in [0.717, 1.165) is 51.4 Å². The van der Waals surface area contributed by atoms with Crippen LogP contribution in [0.4, 0.5) is 0 Å². The quantitative estimate of drug-likeness (QED) is 0.620. The highest BCUT2D eigenvalue weighted by Gasteiger charge is 2.30. The minimum absolute atomic E-state index is 0. The van der Waals surface area contributed by atoms with Crippen LogP contribution in [0.3, 0.4) is 0 Å². The van der Waals surface area contributed by atoms with E-state index in [9.17, 15) is 9.59 Å². The molecule has 0 spiro atoms. The molecule has 3 aliphatic rings. The van der Waals surface area contributed by atoms with Crippen LogP contribution in [0.2, 0.25) is 0 Å². The second-order valence-electron chi connectivity index (χ2n) is 8.06. The lowest BCUT2D eigenvalue weighted by molar-refractivity contribution is -0.131. The fourth-order valence-corrected chi connectivity index (χ4v) is 4.57. The van der Waals surface area contributed by atoms with E-state index in [1.165, 1.54) is 0 Å². The van der Waals surface area contributed by atoms with Gasteiger partial charge in [0.1, 0.15) is 12.1 Å². The van der Waals surface area contributed by atoms with E-state index in [-0.39, 0.29) is 48.7 Å². The summed E-state index contributed by atoms with van der Waals surface area (Å²) in [4.78, 5) is 28.0. The number of nitrogens with one attached hydrogen (secondary N) is 2. The molecule has 0 radical (unpaired) electrons. The Bertz CT molecular complexity index is 601. The average Bonchev–Trinajstić information content (AvgIpc) is 3.39. The molecule has 0 bridgehead atoms. The number of amides is 2. The Morgan fingerprint density at radius 1 is 0.733 bits per heavy atom. The van der Waals surface area contributed by atoms with Gasteiger partial charge < -0.3 is 20.4 Å². The van der Waals surface area contributed by atoms with Crippen molar-refractivity contribution in [3.05, 3.63) is 0 Å². The van der Waals surface area contributed by atoms with Crippen molar-refractivity contribution in [1.82, 2.24) is 20.4 Å². The number of hydrogen-bond acceptors (Lipinski definition) is 6. The molecule has 3 rings (SSSR count). The lowest BCUT2D eigenvalue weighted by atomic mass is 9.91. The molecule has 2 amide bonds. The summed E-state index contributed by atoms with van der Waals surface area (Å²) in [6.45, 7) is 1.97. The highest BCUT2D eigenvalue weighted by atomic mass is 35.5. The van der Waals surface area contributed by atoms with Crippen LogP contribution in [-0.2, 0) is 9.59 Å². The average molecular weight is 459 g/mol. The third-order valence-corrected chi connectivity index (χ3v) is 6.26. The molecular weight excluding hydrogens is 427 g/mol. The normalized spacial score (nSPS) is 28.1. The third-order valence-electron chi connectivity index (χ3n) is 6.26. The van der Waals surface area contributed by atoms with Gasteiger partial charge in [0, 0.05) is 25.2 Å². The summed E-state index contributed by atoms with van der Waals surface area (Å²) in [5.41, 5.74) is 0. The van der Waals surface area contributed by atoms with Crippen LogP contribution in [0, 0.1) is 22.7 Å². The number of halogens is 2. The molecule has 168 valence electrons. The molecule has 0 unspecified atom stereocenters. The summed E-state index contributed by atoms with van der Waals surface area (Å²) in [5, 5.41) is 24.9. The molecule has 2 aliphatic heterocycles. The highest BCUT2D eigenvalue weighted by Crippen LogP contribution is 2.20. The van der Waals surface area contributed by atoms with Gasteiger partial charge in [0.15, 0.2) is 0 Å². The fourth-order valence-electron chi connectivity index (χ4n) is 4.57. The van der Waals surface area contributed by atoms with Crippen LogP contribution in [0.25, 0.3) is 0 Å². The first-order chi connectivity index (χ1) is 13.6. The molecule has 2 heterocycles. The van der Waals surface area contributed by atoms with Crippen LogP contribution in [0.5, 0.6) is 0 Å². The van der Waals surface area contributed by atoms with Crippen molar-refractivity contribution < 1.29 is 9.59 Å². The van der Waals surface area contributed by atoms with Crippen molar-refractivity contribution in [3.63, 3.8) is 0 Å². The van der Waals surface area contributed by atoms with Gasteiger partial charge in [-0.15, -0.1) is 24.8 Å². The largest absolute Gasteiger partial charge is 0.326 e. The minimum atomic E-state index is -0.261. The number of hydrogen-bond donors (Lipinski definition) is 2. The van der Waals surface area contributed by atoms with E-state index in [4.69, 9.17) is 10.5 Å². The summed E-state index contributed by atoms with van der Waals surface area (Å²) in [7, 11) is 0. The molecule has 3 fully saturated rings. The second-order valence-corrected chi connectivity index (χ2v) is 8.06. The van der Waals surface area contributed by atoms with E-state index in [1.807, 2.05) is 0 Å². The first-order valence-electron chi connectivity index (χ1n) is 10.5. The second kappa shape index (κ2) is 13.0. The SMILES string of the molecule is Cl.Cl.N#C[C@@H]1CCCN1C(=O)CN[C@H]1CC[C@H](NCC(=O)N2CCC[C@H]2C#N)CC1. The first-order valence-corrected chi connectivity index (χ1v) is 10.5. The molecular formula is C20H32Cl2N6O2. The predicted molar refractivity (Wildman–Crippen MR) is 117 cm³/mol. The molecule has 10 heteroatoms. The molecule has 1 saturated carbocycles. The van der Waals surface area contributed by atoms with Gasteiger partial charge >= 0.3 is 0 Å². The molecule has 30 heavy (non-hydrogen) atoms. The van der Waals surface area contributed by atoms with Crippen molar-refractivity contribution in [2.75, 3.05) is 26.2 Å². The Morgan fingerprint density at radius 3 is 1.43 bits per heavy atom. The molecule has 0 aromatic heterocycles. The van der Waals surface area contributed by atoms with Crippen LogP contribution in [-0.4, -0.2) is 72.0 Å². The fraction of sp³-hybridized carbons (Fsp3) is 0.800. The van der Waals surface area contributed by atoms with Crippen LogP contribution >= 0.6 is 24.8 Å². The Hall–Kier alpha value is -1.58. The summed E-state index contributed by atoms with van der Waals surface area (Å²) >= 11 is 0. The summed E-state index contributed by atoms with van der Waals surface area (Å²) < 4.78 is 0. The smallest absolute Gasteiger partial charge is 0.237 e. The van der Waals surface area contributed by atoms with Gasteiger partial charge in [0.2, 0.25) is 11.8 Å². The van der Waals surface area contributed by atoms with Crippen LogP contribution < -0.4 is 10.6 Å². The van der Waals surface area contributed by atoms with Gasteiger partial charge in [-0.3, -0.25) is 9.59 Å². The van der Waals surface area contributed by atoms with Crippen molar-refractivity contribution >= 4 is 36.6 Å². The number of rotatable bonds is 6. The standard InChI is InChI=1S/C20H30N6O2.2ClH/c21-11-17-3-1-9-25(17)19(27)13-23-15-5-7-16(8-6-15)24-14-20(28)26-10-2-4-18(26)12-22;;/h15-18,23-24H,1-10,13-14H2;2*1H/t15-,16-,17-,18-;;/m0../s1. The summed E-state index contributed by atoms with van der Waals surface area (Å²) in [6.07, 6.45) is 7.24. The van der Waals surface area contributed by atoms with E-state index in [1.54, 1.807) is 9.80 Å². The molecule has 0 aromatic rings. The lowest BCUT2D eigenvalue weighted by Gasteiger charge is -2.31. The number of nitrogens with zero attached hydrogens (tertiary/aromatic N) is 4. The van der Waals surface area contributed by atoms with Gasteiger partial charge in [-0.05, 0) is 51.4 Å². The number of nitriles is 2. The summed E-state index contributed by atoms with van der Waals surface area (Å²) in [5.74, 6) is 0.0418. The van der Waals surface area contributed by atoms with E-state index < -0.39 is 0 Å². The topological polar surface area (TPSA) is 112 Å². The maximum Gasteiger partial charge on any atom is 0.237 e. The van der Waals surface area contributed by atoms with E-state index >= 15 is 0 Å². The van der Waals surface area contributed by atoms with Gasteiger partial charge in [0.25, 0.3) is 0 Å². The van der Waals surface area contributed by atoms with Gasteiger partial charge in [-0.25, -0.2) is 0 Å².